The Hall–Kier alpha value is -1.72. The summed E-state index contributed by atoms with van der Waals surface area (Å²) in [6.07, 6.45) is 20.6. The Morgan fingerprint density at radius 3 is 2.24 bits per heavy atom. The number of imidazole rings is 1. The molecule has 0 spiro atoms. The van der Waals surface area contributed by atoms with E-state index in [1.165, 1.54) is 101 Å². The molecule has 2 aliphatic carbocycles. The zero-order valence-electron chi connectivity index (χ0n) is 23.6. The molecule has 3 saturated heterocycles. The predicted octanol–water partition coefficient (Wildman–Crippen LogP) is 7.07. The molecule has 4 bridgehead atoms. The molecular formula is C33H48N4O. The highest BCUT2D eigenvalue weighted by atomic mass is 16.1. The minimum absolute atomic E-state index is 0.263. The maximum Gasteiger partial charge on any atom is 0.143 e. The summed E-state index contributed by atoms with van der Waals surface area (Å²) in [7, 11) is 0. The van der Waals surface area contributed by atoms with Gasteiger partial charge in [-0.25, -0.2) is 4.98 Å². The van der Waals surface area contributed by atoms with Crippen LogP contribution >= 0.6 is 0 Å². The largest absolute Gasteiger partial charge is 0.323 e. The van der Waals surface area contributed by atoms with Crippen LogP contribution in [0, 0.1) is 11.8 Å². The highest BCUT2D eigenvalue weighted by Crippen LogP contribution is 2.48. The fraction of sp³-hybridized carbons (Fsp3) is 0.758. The lowest BCUT2D eigenvalue weighted by molar-refractivity contribution is -0.119. The van der Waals surface area contributed by atoms with Crippen molar-refractivity contribution in [1.29, 1.82) is 0 Å². The van der Waals surface area contributed by atoms with E-state index in [1.54, 1.807) is 6.92 Å². The SMILES string of the molecule is CC(=O)CN1CCCC[C@@H]1c1nc2ccccc2n1C1C[C@H]2CCC[C@@H](C1)N2C1C[C@H]2CCCC[C@@H](C1)C2. The van der Waals surface area contributed by atoms with Gasteiger partial charge >= 0.3 is 0 Å². The Morgan fingerprint density at radius 2 is 1.50 bits per heavy atom. The predicted molar refractivity (Wildman–Crippen MR) is 153 cm³/mol. The summed E-state index contributed by atoms with van der Waals surface area (Å²) in [6, 6.07) is 11.9. The second-order valence-corrected chi connectivity index (χ2v) is 13.7. The summed E-state index contributed by atoms with van der Waals surface area (Å²) in [4.78, 5) is 23.0. The van der Waals surface area contributed by atoms with Crippen LogP contribution in [0.25, 0.3) is 11.0 Å². The van der Waals surface area contributed by atoms with Gasteiger partial charge in [0.25, 0.3) is 0 Å². The van der Waals surface area contributed by atoms with Gasteiger partial charge in [0.15, 0.2) is 0 Å². The molecule has 0 N–H and O–H groups in total. The molecule has 7 atom stereocenters. The van der Waals surface area contributed by atoms with E-state index < -0.39 is 0 Å². The van der Waals surface area contributed by atoms with Crippen LogP contribution < -0.4 is 0 Å². The molecule has 5 fully saturated rings. The van der Waals surface area contributed by atoms with Gasteiger partial charge in [-0.05, 0) is 95.2 Å². The number of rotatable bonds is 5. The number of para-hydroxylation sites is 2. The van der Waals surface area contributed by atoms with E-state index in [2.05, 4.69) is 38.6 Å². The van der Waals surface area contributed by atoms with Crippen LogP contribution in [0.15, 0.2) is 24.3 Å². The second-order valence-electron chi connectivity index (χ2n) is 13.7. The smallest absolute Gasteiger partial charge is 0.143 e. The van der Waals surface area contributed by atoms with Crippen molar-refractivity contribution in [3.05, 3.63) is 30.1 Å². The number of piperidine rings is 3. The molecule has 7 rings (SSSR count). The number of benzene rings is 1. The third-order valence-corrected chi connectivity index (χ3v) is 11.1. The molecule has 38 heavy (non-hydrogen) atoms. The van der Waals surface area contributed by atoms with Crippen molar-refractivity contribution in [2.75, 3.05) is 13.1 Å². The monoisotopic (exact) mass is 516 g/mol. The number of carbonyl (C=O) groups is 1. The number of hydrogen-bond acceptors (Lipinski definition) is 4. The van der Waals surface area contributed by atoms with Crippen molar-refractivity contribution in [3.8, 4) is 0 Å². The normalized spacial score (nSPS) is 36.7. The van der Waals surface area contributed by atoms with E-state index in [9.17, 15) is 4.79 Å². The number of nitrogens with zero attached hydrogens (tertiary/aromatic N) is 4. The first-order valence-corrected chi connectivity index (χ1v) is 16.1. The molecule has 0 amide bonds. The van der Waals surface area contributed by atoms with Gasteiger partial charge in [-0.1, -0.05) is 50.7 Å². The zero-order valence-corrected chi connectivity index (χ0v) is 23.6. The van der Waals surface area contributed by atoms with Crippen molar-refractivity contribution in [1.82, 2.24) is 19.4 Å². The lowest BCUT2D eigenvalue weighted by atomic mass is 9.73. The molecule has 2 unspecified atom stereocenters. The summed E-state index contributed by atoms with van der Waals surface area (Å²) in [5.74, 6) is 3.49. The van der Waals surface area contributed by atoms with Gasteiger partial charge in [0.1, 0.15) is 11.6 Å². The molecule has 2 saturated carbocycles. The van der Waals surface area contributed by atoms with Crippen LogP contribution in [-0.4, -0.2) is 56.3 Å². The minimum atomic E-state index is 0.263. The fourth-order valence-corrected chi connectivity index (χ4v) is 9.75. The molecular weight excluding hydrogens is 468 g/mol. The number of carbonyl (C=O) groups excluding carboxylic acids is 1. The van der Waals surface area contributed by atoms with Crippen molar-refractivity contribution in [2.24, 2.45) is 11.8 Å². The van der Waals surface area contributed by atoms with E-state index >= 15 is 0 Å². The Kier molecular flexibility index (Phi) is 7.11. The quantitative estimate of drug-likeness (QED) is 0.426. The van der Waals surface area contributed by atoms with Gasteiger partial charge in [0, 0.05) is 24.2 Å². The summed E-state index contributed by atoms with van der Waals surface area (Å²) in [5.41, 5.74) is 2.45. The Labute approximate surface area is 229 Å². The average Bonchev–Trinajstić information content (AvgIpc) is 3.21. The number of aromatic nitrogens is 2. The molecule has 2 aromatic rings. The first-order valence-electron chi connectivity index (χ1n) is 16.1. The van der Waals surface area contributed by atoms with Crippen LogP contribution in [0.3, 0.4) is 0 Å². The molecule has 5 nitrogen and oxygen atoms in total. The van der Waals surface area contributed by atoms with E-state index in [0.29, 0.717) is 12.6 Å². The highest BCUT2D eigenvalue weighted by Gasteiger charge is 2.45. The summed E-state index contributed by atoms with van der Waals surface area (Å²) in [6.45, 7) is 3.32. The average molecular weight is 517 g/mol. The number of Topliss-reactive ketones (excluding diaryl/α,β-unsaturated/α-hetero) is 1. The van der Waals surface area contributed by atoms with Crippen molar-refractivity contribution >= 4 is 16.8 Å². The number of hydrogen-bond donors (Lipinski definition) is 0. The van der Waals surface area contributed by atoms with Crippen LogP contribution in [0.4, 0.5) is 0 Å². The lowest BCUT2D eigenvalue weighted by Crippen LogP contribution is -2.58. The summed E-state index contributed by atoms with van der Waals surface area (Å²) < 4.78 is 2.68. The third kappa shape index (κ3) is 4.76. The molecule has 0 radical (unpaired) electrons. The van der Waals surface area contributed by atoms with Gasteiger partial charge < -0.3 is 4.57 Å². The molecule has 5 heteroatoms. The van der Waals surface area contributed by atoms with Gasteiger partial charge in [-0.3, -0.25) is 14.6 Å². The van der Waals surface area contributed by atoms with Crippen molar-refractivity contribution < 1.29 is 4.79 Å². The van der Waals surface area contributed by atoms with Gasteiger partial charge in [-0.15, -0.1) is 0 Å². The molecule has 1 aromatic carbocycles. The first-order chi connectivity index (χ1) is 18.6. The highest BCUT2D eigenvalue weighted by molar-refractivity contribution is 5.78. The Bertz CT molecular complexity index is 1110. The van der Waals surface area contributed by atoms with E-state index in [1.807, 2.05) is 0 Å². The number of likely N-dealkylation sites (tertiary alicyclic amines) is 1. The van der Waals surface area contributed by atoms with Gasteiger partial charge in [-0.2, -0.15) is 0 Å². The second kappa shape index (κ2) is 10.7. The van der Waals surface area contributed by atoms with E-state index in [-0.39, 0.29) is 11.8 Å². The maximum atomic E-state index is 12.2. The van der Waals surface area contributed by atoms with Crippen LogP contribution in [0.1, 0.15) is 121 Å². The minimum Gasteiger partial charge on any atom is -0.323 e. The first kappa shape index (κ1) is 25.3. The molecule has 3 aliphatic heterocycles. The van der Waals surface area contributed by atoms with Crippen LogP contribution in [0.5, 0.6) is 0 Å². The third-order valence-electron chi connectivity index (χ3n) is 11.1. The van der Waals surface area contributed by atoms with Crippen molar-refractivity contribution in [2.45, 2.75) is 133 Å². The Morgan fingerprint density at radius 1 is 0.789 bits per heavy atom. The molecule has 5 aliphatic rings. The molecule has 4 heterocycles. The Balaban J connectivity index is 1.20. The zero-order chi connectivity index (χ0) is 25.6. The topological polar surface area (TPSA) is 41.4 Å². The van der Waals surface area contributed by atoms with Crippen molar-refractivity contribution in [3.63, 3.8) is 0 Å². The standard InChI is InChI=1S/C33H48N4O/c1-23(38)22-35-16-7-6-15-32(35)33-34-30-13-4-5-14-31(30)37(33)29-20-26-11-8-12-27(21-29)36(26)28-18-24-9-2-3-10-25(17-24)19-28/h4-5,13-14,24-29,32H,2-3,6-12,15-22H2,1H3/t24-,25+,26-,27+,28?,29?,32-/m1/s1. The molecule has 1 aromatic heterocycles. The molecule has 206 valence electrons. The van der Waals surface area contributed by atoms with Gasteiger partial charge in [0.05, 0.1) is 23.6 Å². The van der Waals surface area contributed by atoms with E-state index in [4.69, 9.17) is 4.98 Å². The summed E-state index contributed by atoms with van der Waals surface area (Å²) in [5, 5.41) is 0. The van der Waals surface area contributed by atoms with E-state index in [0.717, 1.165) is 48.4 Å². The number of ketones is 1. The maximum absolute atomic E-state index is 12.2. The van der Waals surface area contributed by atoms with Gasteiger partial charge in [0.2, 0.25) is 0 Å². The van der Waals surface area contributed by atoms with Crippen LogP contribution in [0.2, 0.25) is 0 Å². The lowest BCUT2D eigenvalue weighted by Gasteiger charge is -2.55. The van der Waals surface area contributed by atoms with Crippen LogP contribution in [-0.2, 0) is 4.79 Å². The fourth-order valence-electron chi connectivity index (χ4n) is 9.75. The number of fused-ring (bicyclic) bond motifs is 5. The summed E-state index contributed by atoms with van der Waals surface area (Å²) >= 11 is 0.